The van der Waals surface area contributed by atoms with Crippen LogP contribution < -0.4 is 5.73 Å². The number of nitrogen functional groups attached to an aromatic ring is 1. The van der Waals surface area contributed by atoms with E-state index in [1.165, 1.54) is 0 Å². The number of hydrogen-bond acceptors (Lipinski definition) is 3. The van der Waals surface area contributed by atoms with Gasteiger partial charge in [-0.15, -0.1) is 0 Å². The Hall–Kier alpha value is -1.88. The van der Waals surface area contributed by atoms with Crippen molar-refractivity contribution < 1.29 is 0 Å². The Morgan fingerprint density at radius 2 is 1.94 bits per heavy atom. The Labute approximate surface area is 106 Å². The lowest BCUT2D eigenvalue weighted by Gasteiger charge is -2.01. The molecule has 84 valence electrons. The topological polar surface area (TPSA) is 67.6 Å². The molecular weight excluding hydrogens is 280 g/mol. The quantitative estimate of drug-likeness (QED) is 0.677. The van der Waals surface area contributed by atoms with Gasteiger partial charge in [0.1, 0.15) is 5.52 Å². The van der Waals surface area contributed by atoms with E-state index in [-0.39, 0.29) is 0 Å². The number of halogens is 1. The van der Waals surface area contributed by atoms with Crippen molar-refractivity contribution in [2.24, 2.45) is 0 Å². The second kappa shape index (κ2) is 3.85. The molecule has 0 atom stereocenters. The number of nitrogens with one attached hydrogen (secondary N) is 1. The van der Waals surface area contributed by atoms with E-state index >= 15 is 0 Å². The van der Waals surface area contributed by atoms with Crippen molar-refractivity contribution in [3.05, 3.63) is 41.1 Å². The average molecular weight is 289 g/mol. The highest BCUT2D eigenvalue weighted by Crippen LogP contribution is 2.27. The van der Waals surface area contributed by atoms with E-state index in [1.54, 1.807) is 12.4 Å². The van der Waals surface area contributed by atoms with Crippen molar-refractivity contribution in [2.75, 3.05) is 5.73 Å². The molecule has 2 heterocycles. The molecule has 0 spiro atoms. The Kier molecular flexibility index (Phi) is 2.33. The zero-order valence-electron chi connectivity index (χ0n) is 8.81. The van der Waals surface area contributed by atoms with Crippen molar-refractivity contribution in [1.82, 2.24) is 15.0 Å². The Morgan fingerprint density at radius 1 is 1.12 bits per heavy atom. The number of aromatic amines is 1. The molecule has 3 N–H and O–H groups in total. The summed E-state index contributed by atoms with van der Waals surface area (Å²) >= 11 is 3.42. The van der Waals surface area contributed by atoms with E-state index in [0.717, 1.165) is 32.6 Å². The second-order valence-corrected chi connectivity index (χ2v) is 4.56. The molecule has 0 aliphatic heterocycles. The maximum absolute atomic E-state index is 5.76. The maximum Gasteiger partial charge on any atom is 0.156 e. The van der Waals surface area contributed by atoms with Crippen LogP contribution >= 0.6 is 15.9 Å². The summed E-state index contributed by atoms with van der Waals surface area (Å²) in [5.74, 6) is 0. The summed E-state index contributed by atoms with van der Waals surface area (Å²) < 4.78 is 0.884. The minimum atomic E-state index is 0.723. The van der Waals surface area contributed by atoms with Gasteiger partial charge in [-0.3, -0.25) is 4.98 Å². The molecule has 0 amide bonds. The number of benzene rings is 1. The van der Waals surface area contributed by atoms with Gasteiger partial charge in [0.2, 0.25) is 0 Å². The van der Waals surface area contributed by atoms with Crippen LogP contribution in [0.3, 0.4) is 0 Å². The summed E-state index contributed by atoms with van der Waals surface area (Å²) in [5, 5.41) is 0. The molecule has 0 aliphatic carbocycles. The number of fused-ring (bicyclic) bond motifs is 1. The number of anilines is 1. The Bertz CT molecular complexity index is 657. The van der Waals surface area contributed by atoms with Crippen molar-refractivity contribution in [2.45, 2.75) is 0 Å². The number of nitrogens with zero attached hydrogens (tertiary/aromatic N) is 2. The fourth-order valence-corrected chi connectivity index (χ4v) is 2.08. The van der Waals surface area contributed by atoms with E-state index in [2.05, 4.69) is 30.9 Å². The molecule has 0 aliphatic rings. The third-order valence-corrected chi connectivity index (χ3v) is 3.26. The molecule has 0 unspecified atom stereocenters. The predicted octanol–water partition coefficient (Wildman–Crippen LogP) is 2.97. The van der Waals surface area contributed by atoms with Gasteiger partial charge in [0.25, 0.3) is 0 Å². The van der Waals surface area contributed by atoms with Crippen LogP contribution in [0, 0.1) is 0 Å². The summed E-state index contributed by atoms with van der Waals surface area (Å²) in [6.07, 6.45) is 3.35. The highest BCUT2D eigenvalue weighted by molar-refractivity contribution is 9.10. The summed E-state index contributed by atoms with van der Waals surface area (Å²) in [5.41, 5.74) is 10.2. The lowest BCUT2D eigenvalue weighted by Crippen LogP contribution is -1.86. The zero-order valence-corrected chi connectivity index (χ0v) is 10.4. The van der Waals surface area contributed by atoms with Crippen LogP contribution in [0.15, 0.2) is 41.1 Å². The summed E-state index contributed by atoms with van der Waals surface area (Å²) in [6, 6.07) is 7.77. The van der Waals surface area contributed by atoms with Gasteiger partial charge in [0.15, 0.2) is 5.65 Å². The van der Waals surface area contributed by atoms with Crippen molar-refractivity contribution in [3.8, 4) is 11.3 Å². The van der Waals surface area contributed by atoms with E-state index < -0.39 is 0 Å². The third-order valence-electron chi connectivity index (χ3n) is 2.57. The molecular formula is C12H9BrN4. The van der Waals surface area contributed by atoms with Crippen LogP contribution in [0.2, 0.25) is 0 Å². The highest BCUT2D eigenvalue weighted by atomic mass is 79.9. The predicted molar refractivity (Wildman–Crippen MR) is 71.4 cm³/mol. The van der Waals surface area contributed by atoms with Gasteiger partial charge in [-0.25, -0.2) is 4.98 Å². The standard InChI is InChI=1S/C12H9BrN4/c13-8-5-7(1-2-9(8)14)10-6-11-12(17-10)16-4-3-15-11/h1-6H,14H2,(H,16,17). The molecule has 4 nitrogen and oxygen atoms in total. The smallest absolute Gasteiger partial charge is 0.156 e. The number of hydrogen-bond donors (Lipinski definition) is 2. The zero-order chi connectivity index (χ0) is 11.8. The number of aromatic nitrogens is 3. The third kappa shape index (κ3) is 1.78. The van der Waals surface area contributed by atoms with Crippen LogP contribution in [0.4, 0.5) is 5.69 Å². The molecule has 0 saturated heterocycles. The van der Waals surface area contributed by atoms with Crippen molar-refractivity contribution in [3.63, 3.8) is 0 Å². The minimum Gasteiger partial charge on any atom is -0.398 e. The molecule has 0 radical (unpaired) electrons. The van der Waals surface area contributed by atoms with E-state index in [0.29, 0.717) is 0 Å². The fourth-order valence-electron chi connectivity index (χ4n) is 1.70. The number of rotatable bonds is 1. The molecule has 0 saturated carbocycles. The first-order chi connectivity index (χ1) is 8.24. The molecule has 0 bridgehead atoms. The largest absolute Gasteiger partial charge is 0.398 e. The van der Waals surface area contributed by atoms with Gasteiger partial charge >= 0.3 is 0 Å². The normalized spacial score (nSPS) is 10.9. The number of nitrogens with two attached hydrogens (primary N) is 1. The first-order valence-corrected chi connectivity index (χ1v) is 5.88. The average Bonchev–Trinajstić information content (AvgIpc) is 2.76. The van der Waals surface area contributed by atoms with Crippen LogP contribution in [-0.2, 0) is 0 Å². The van der Waals surface area contributed by atoms with Crippen LogP contribution in [0.1, 0.15) is 0 Å². The minimum absolute atomic E-state index is 0.723. The van der Waals surface area contributed by atoms with E-state index in [4.69, 9.17) is 5.73 Å². The lowest BCUT2D eigenvalue weighted by molar-refractivity contribution is 1.26. The maximum atomic E-state index is 5.76. The number of H-pyrrole nitrogens is 1. The summed E-state index contributed by atoms with van der Waals surface area (Å²) in [6.45, 7) is 0. The lowest BCUT2D eigenvalue weighted by atomic mass is 10.1. The second-order valence-electron chi connectivity index (χ2n) is 3.71. The summed E-state index contributed by atoms with van der Waals surface area (Å²) in [4.78, 5) is 11.7. The van der Waals surface area contributed by atoms with Gasteiger partial charge in [0.05, 0.1) is 0 Å². The van der Waals surface area contributed by atoms with Crippen LogP contribution in [0.25, 0.3) is 22.4 Å². The van der Waals surface area contributed by atoms with E-state index in [9.17, 15) is 0 Å². The Balaban J connectivity index is 2.17. The molecule has 1 aromatic carbocycles. The monoisotopic (exact) mass is 288 g/mol. The van der Waals surface area contributed by atoms with Gasteiger partial charge in [-0.05, 0) is 39.7 Å². The van der Waals surface area contributed by atoms with Gasteiger partial charge in [0, 0.05) is 28.2 Å². The van der Waals surface area contributed by atoms with Crippen LogP contribution in [0.5, 0.6) is 0 Å². The Morgan fingerprint density at radius 3 is 2.71 bits per heavy atom. The fraction of sp³-hybridized carbons (Fsp3) is 0. The van der Waals surface area contributed by atoms with Gasteiger partial charge in [-0.2, -0.15) is 0 Å². The van der Waals surface area contributed by atoms with Gasteiger partial charge < -0.3 is 10.7 Å². The molecule has 0 fully saturated rings. The van der Waals surface area contributed by atoms with Crippen molar-refractivity contribution >= 4 is 32.8 Å². The van der Waals surface area contributed by atoms with Crippen LogP contribution in [-0.4, -0.2) is 15.0 Å². The van der Waals surface area contributed by atoms with E-state index in [1.807, 2.05) is 24.3 Å². The highest BCUT2D eigenvalue weighted by Gasteiger charge is 2.06. The molecule has 17 heavy (non-hydrogen) atoms. The molecule has 3 rings (SSSR count). The molecule has 2 aromatic heterocycles. The van der Waals surface area contributed by atoms with Gasteiger partial charge in [-0.1, -0.05) is 6.07 Å². The SMILES string of the molecule is Nc1ccc(-c2cc3nccnc3[nH]2)cc1Br. The first kappa shape index (κ1) is 10.3. The molecule has 3 aromatic rings. The van der Waals surface area contributed by atoms with Crippen molar-refractivity contribution in [1.29, 1.82) is 0 Å². The molecule has 5 heteroatoms. The first-order valence-electron chi connectivity index (χ1n) is 5.09. The summed E-state index contributed by atoms with van der Waals surface area (Å²) in [7, 11) is 0.